The number of hydrogen-bond acceptors (Lipinski definition) is 26. The fourth-order valence-corrected chi connectivity index (χ4v) is 21.4. The van der Waals surface area contributed by atoms with Crippen LogP contribution >= 0.6 is 0 Å². The maximum Gasteiger partial charge on any atom is 0.500 e. The monoisotopic (exact) mass is 1720 g/mol. The predicted molar refractivity (Wildman–Crippen MR) is 447 cm³/mol. The highest BCUT2D eigenvalue weighted by Crippen LogP contribution is 2.22. The van der Waals surface area contributed by atoms with E-state index < -0.39 is 68.7 Å². The molecule has 1 aliphatic heterocycles. The SMILES string of the molecule is CO[Si](C)(CCCN(C)C(=O)N(C)C)OC.CO[Si](C)(CCCN(C)C(C)=O)OC.CO[Si](C)(CCCN(C)C(C)=O)OC.CO[Si](C)(CCCN1C(=O)CCC1=O)OC.CO[Si](C)(CCCNC(C)=O)OC.CO[Si](C)(CCCNC(C)=O)OC.CO[Si](CO)(CCCN(CCC[Si](OC)(OC)OC)C(C)=O)OC. The fraction of sp³-hybridized carbons (Fsp3) is 0.882. The molecule has 0 unspecified atom stereocenters. The summed E-state index contributed by atoms with van der Waals surface area (Å²) in [5.74, 6) is 0.134. The van der Waals surface area contributed by atoms with Crippen LogP contribution in [0, 0.1) is 0 Å². The van der Waals surface area contributed by atoms with E-state index in [1.807, 2.05) is 39.3 Å². The molecule has 0 radical (unpaired) electrons. The molecule has 0 saturated carbocycles. The molecule has 1 rings (SSSR count). The summed E-state index contributed by atoms with van der Waals surface area (Å²) in [6.45, 7) is 25.2. The van der Waals surface area contributed by atoms with Crippen LogP contribution in [0.1, 0.15) is 98.8 Å². The van der Waals surface area contributed by atoms with Gasteiger partial charge in [0.15, 0.2) is 0 Å². The van der Waals surface area contributed by atoms with Crippen molar-refractivity contribution in [2.24, 2.45) is 0 Å². The van der Waals surface area contributed by atoms with Gasteiger partial charge in [-0.2, -0.15) is 0 Å². The number of nitrogens with one attached hydrogen (secondary N) is 2. The second kappa shape index (κ2) is 65.9. The Bertz CT molecular complexity index is 2290. The van der Waals surface area contributed by atoms with E-state index in [1.54, 1.807) is 201 Å². The van der Waals surface area contributed by atoms with Crippen LogP contribution in [0.2, 0.25) is 87.6 Å². The lowest BCUT2D eigenvalue weighted by Gasteiger charge is -2.28. The summed E-state index contributed by atoms with van der Waals surface area (Å²) in [4.78, 5) is 98.8. The van der Waals surface area contributed by atoms with Crippen LogP contribution in [0.4, 0.5) is 4.79 Å². The van der Waals surface area contributed by atoms with E-state index in [4.69, 9.17) is 75.2 Å². The summed E-state index contributed by atoms with van der Waals surface area (Å²) >= 11 is 0. The van der Waals surface area contributed by atoms with Crippen LogP contribution in [-0.4, -0.2) is 365 Å². The molecule has 0 aromatic carbocycles. The third-order valence-corrected chi connectivity index (χ3v) is 43.0. The molecule has 3 N–H and O–H groups in total. The normalized spacial score (nSPS) is 12.5. The molecule has 0 atom stereocenters. The Hall–Kier alpha value is -3.22. The van der Waals surface area contributed by atoms with Crippen LogP contribution in [0.5, 0.6) is 0 Å². The Morgan fingerprint density at radius 2 is 0.618 bits per heavy atom. The molecule has 0 aliphatic carbocycles. The molecule has 110 heavy (non-hydrogen) atoms. The van der Waals surface area contributed by atoms with E-state index >= 15 is 0 Å². The number of hydrogen-bond donors (Lipinski definition) is 3. The van der Waals surface area contributed by atoms with E-state index in [2.05, 4.69) is 10.6 Å². The molecule has 9 amide bonds. The first-order valence-electron chi connectivity index (χ1n) is 37.2. The third-order valence-electron chi connectivity index (χ3n) is 19.1. The van der Waals surface area contributed by atoms with Crippen molar-refractivity contribution in [2.75, 3.05) is 215 Å². The van der Waals surface area contributed by atoms with E-state index in [-0.39, 0.29) is 53.6 Å². The molecule has 42 heteroatoms. The number of nitrogens with zero attached hydrogens (tertiary/aromatic N) is 6. The standard InChI is InChI=1S/C14H33NO7Si2.C10H24N2O3Si.C10H19NO4Si.2C9H21NO3Si.2C8H19NO3Si/c1-14(17)15(9-7-11-23(13-16,18-2)19-3)10-8-12-24(20-4,21-5)22-6;1-11(2)10(13)12(3)8-7-9-16(6,14-4)15-5;1-14-16(3,15-2)8-4-7-11-9(12)5-6-10(11)13;2*1-9(11)10(2)7-6-8-14(5,12-3)13-4;2*1-8(10)9-6-5-7-13(4,11-2)12-3/h16H,7-13H2,1-6H3;7-9H2,1-6H3;4-8H2,1-3H3;2*6-8H2,1-5H3;2*5-7H2,1-4H3,(H,9,10). The minimum atomic E-state index is -2.60. The van der Waals surface area contributed by atoms with Gasteiger partial charge in [-0.25, -0.2) is 4.79 Å². The summed E-state index contributed by atoms with van der Waals surface area (Å²) in [7, 11) is 20.0. The van der Waals surface area contributed by atoms with Crippen molar-refractivity contribution in [3.63, 3.8) is 0 Å². The van der Waals surface area contributed by atoms with Gasteiger partial charge in [-0.1, -0.05) is 0 Å². The van der Waals surface area contributed by atoms with Crippen LogP contribution in [0.15, 0.2) is 0 Å². The topological polar surface area (TPSA) is 357 Å². The van der Waals surface area contributed by atoms with Crippen molar-refractivity contribution >= 4 is 116 Å². The molecular formula is C68H156N8O26Si8. The smallest absolute Gasteiger partial charge is 0.398 e. The number of carbonyl (C=O) groups is 8. The number of urea groups is 1. The van der Waals surface area contributed by atoms with Gasteiger partial charge in [0.25, 0.3) is 0 Å². The lowest BCUT2D eigenvalue weighted by Crippen LogP contribution is -2.45. The van der Waals surface area contributed by atoms with Gasteiger partial charge in [-0.3, -0.25) is 38.5 Å². The average Bonchev–Trinajstić information content (AvgIpc) is 1.78. The summed E-state index contributed by atoms with van der Waals surface area (Å²) < 4.78 is 90.9. The molecule has 1 aliphatic rings. The highest BCUT2D eigenvalue weighted by atomic mass is 28.4. The predicted octanol–water partition coefficient (Wildman–Crippen LogP) is 7.20. The Morgan fingerprint density at radius 1 is 0.355 bits per heavy atom. The first-order chi connectivity index (χ1) is 51.2. The second-order valence-electron chi connectivity index (χ2n) is 27.2. The number of aliphatic hydroxyl groups excluding tert-OH is 1. The van der Waals surface area contributed by atoms with E-state index in [0.717, 1.165) is 107 Å². The molecule has 0 aromatic heterocycles. The maximum absolute atomic E-state index is 11.8. The maximum atomic E-state index is 11.8. The molecule has 34 nitrogen and oxygen atoms in total. The largest absolute Gasteiger partial charge is 0.500 e. The van der Waals surface area contributed by atoms with Gasteiger partial charge in [-0.05, 0) is 133 Å². The number of aliphatic hydroxyl groups is 1. The van der Waals surface area contributed by atoms with Crippen molar-refractivity contribution in [1.82, 2.24) is 40.0 Å². The molecule has 1 heterocycles. The van der Waals surface area contributed by atoms with Crippen molar-refractivity contribution in [1.29, 1.82) is 0 Å². The first kappa shape index (κ1) is 118. The van der Waals surface area contributed by atoms with Gasteiger partial charge >= 0.3 is 74.8 Å². The summed E-state index contributed by atoms with van der Waals surface area (Å²) in [5.41, 5.74) is 0. The zero-order chi connectivity index (χ0) is 86.6. The Balaban J connectivity index is -0.000000290. The molecule has 1 saturated heterocycles. The van der Waals surface area contributed by atoms with Gasteiger partial charge in [0, 0.05) is 262 Å². The van der Waals surface area contributed by atoms with E-state index in [0.29, 0.717) is 57.7 Å². The minimum Gasteiger partial charge on any atom is -0.398 e. The number of imide groups is 1. The first-order valence-corrected chi connectivity index (χ1v) is 56.5. The van der Waals surface area contributed by atoms with Gasteiger partial charge in [0.05, 0.1) is 6.23 Å². The molecule has 656 valence electrons. The fourth-order valence-electron chi connectivity index (χ4n) is 9.67. The molecule has 0 spiro atoms. The molecule has 1 fully saturated rings. The van der Waals surface area contributed by atoms with Crippen LogP contribution < -0.4 is 10.6 Å². The van der Waals surface area contributed by atoms with Crippen LogP contribution in [0.3, 0.4) is 0 Å². The van der Waals surface area contributed by atoms with Crippen LogP contribution in [0.25, 0.3) is 0 Å². The van der Waals surface area contributed by atoms with Crippen LogP contribution in [-0.2, 0) is 109 Å². The number of carbonyl (C=O) groups excluding carboxylic acids is 8. The zero-order valence-electron chi connectivity index (χ0n) is 74.4. The quantitative estimate of drug-likeness (QED) is 0.0308. The average molecular weight is 1730 g/mol. The number of likely N-dealkylation sites (tertiary alicyclic amines) is 1. The van der Waals surface area contributed by atoms with E-state index in [1.165, 1.54) is 18.7 Å². The van der Waals surface area contributed by atoms with Crippen molar-refractivity contribution in [2.45, 2.75) is 186 Å². The van der Waals surface area contributed by atoms with Crippen molar-refractivity contribution in [3.8, 4) is 0 Å². The molecular weight excluding hydrogens is 1570 g/mol. The Morgan fingerprint density at radius 3 is 0.855 bits per heavy atom. The summed E-state index contributed by atoms with van der Waals surface area (Å²) in [5, 5.41) is 14.9. The van der Waals surface area contributed by atoms with Gasteiger partial charge in [0.2, 0.25) is 41.4 Å². The highest BCUT2D eigenvalue weighted by molar-refractivity contribution is 6.68. The lowest BCUT2D eigenvalue weighted by molar-refractivity contribution is -0.138. The van der Waals surface area contributed by atoms with Crippen molar-refractivity contribution < 1.29 is 119 Å². The molecule has 0 aromatic rings. The zero-order valence-corrected chi connectivity index (χ0v) is 82.4. The molecule has 0 bridgehead atoms. The number of rotatable bonds is 50. The summed E-state index contributed by atoms with van der Waals surface area (Å²) in [6.07, 6.45) is 7.42. The Kier molecular flexibility index (Phi) is 70.4. The van der Waals surface area contributed by atoms with Gasteiger partial charge in [0.1, 0.15) is 0 Å². The lowest BCUT2D eigenvalue weighted by atomic mass is 10.3. The Labute approximate surface area is 672 Å². The third kappa shape index (κ3) is 56.1. The highest BCUT2D eigenvalue weighted by Gasteiger charge is 2.39. The van der Waals surface area contributed by atoms with E-state index in [9.17, 15) is 43.5 Å². The van der Waals surface area contributed by atoms with Crippen molar-refractivity contribution in [3.05, 3.63) is 0 Å². The number of amides is 9. The van der Waals surface area contributed by atoms with Gasteiger partial charge < -0.3 is 115 Å². The summed E-state index contributed by atoms with van der Waals surface area (Å²) in [6, 6.07) is 6.62. The van der Waals surface area contributed by atoms with Gasteiger partial charge in [-0.15, -0.1) is 0 Å². The minimum absolute atomic E-state index is 0.0122. The second-order valence-corrected chi connectivity index (χ2v) is 55.3.